The van der Waals surface area contributed by atoms with Crippen molar-refractivity contribution in [1.29, 1.82) is 0 Å². The molecule has 1 saturated carbocycles. The summed E-state index contributed by atoms with van der Waals surface area (Å²) in [5.41, 5.74) is 0.973. The first-order valence-electron chi connectivity index (χ1n) is 7.58. The number of H-pyrrole nitrogens is 1. The molecule has 20 heavy (non-hydrogen) atoms. The summed E-state index contributed by atoms with van der Waals surface area (Å²) in [6.07, 6.45) is 6.61. The van der Waals surface area contributed by atoms with Gasteiger partial charge in [-0.25, -0.2) is 4.98 Å². The van der Waals surface area contributed by atoms with E-state index in [0.717, 1.165) is 34.9 Å². The zero-order valence-electron chi connectivity index (χ0n) is 12.2. The molecule has 1 aliphatic carbocycles. The smallest absolute Gasteiger partial charge is 0.264 e. The average Bonchev–Trinajstić information content (AvgIpc) is 2.95. The van der Waals surface area contributed by atoms with E-state index in [9.17, 15) is 4.79 Å². The third-order valence-corrected chi connectivity index (χ3v) is 4.91. The molecule has 1 N–H and O–H groups in total. The van der Waals surface area contributed by atoms with E-state index in [1.807, 2.05) is 6.92 Å². The fourth-order valence-corrected chi connectivity index (χ4v) is 3.57. The number of aromatic nitrogens is 2. The van der Waals surface area contributed by atoms with Gasteiger partial charge in [0.1, 0.15) is 11.9 Å². The number of rotatable bonds is 6. The molecule has 1 fully saturated rings. The molecule has 0 radical (unpaired) electrons. The van der Waals surface area contributed by atoms with Crippen LogP contribution in [-0.2, 0) is 4.74 Å². The second kappa shape index (κ2) is 7.54. The molecule has 112 valence electrons. The highest BCUT2D eigenvalue weighted by atomic mass is 127. The average molecular weight is 390 g/mol. The van der Waals surface area contributed by atoms with Crippen molar-refractivity contribution in [3.8, 4) is 0 Å². The Balaban J connectivity index is 2.35. The number of ether oxygens (including phenoxy) is 1. The van der Waals surface area contributed by atoms with Crippen molar-refractivity contribution in [3.63, 3.8) is 0 Å². The van der Waals surface area contributed by atoms with Crippen LogP contribution in [0, 0.1) is 3.57 Å². The molecule has 1 aromatic heterocycles. The van der Waals surface area contributed by atoms with Crippen molar-refractivity contribution in [2.75, 3.05) is 6.61 Å². The molecule has 0 saturated heterocycles. The van der Waals surface area contributed by atoms with Gasteiger partial charge < -0.3 is 9.72 Å². The summed E-state index contributed by atoms with van der Waals surface area (Å²) in [6, 6.07) is 0. The Hall–Kier alpha value is -0.430. The lowest BCUT2D eigenvalue weighted by molar-refractivity contribution is 0.0489. The summed E-state index contributed by atoms with van der Waals surface area (Å²) < 4.78 is 6.50. The third kappa shape index (κ3) is 3.61. The molecule has 1 atom stereocenters. The first kappa shape index (κ1) is 15.9. The molecule has 2 rings (SSSR count). The minimum atomic E-state index is -0.0881. The van der Waals surface area contributed by atoms with Gasteiger partial charge in [-0.15, -0.1) is 0 Å². The highest BCUT2D eigenvalue weighted by Crippen LogP contribution is 2.34. The van der Waals surface area contributed by atoms with E-state index in [4.69, 9.17) is 9.72 Å². The molecular formula is C15H23IN2O2. The molecule has 4 nitrogen and oxygen atoms in total. The first-order valence-corrected chi connectivity index (χ1v) is 8.66. The minimum absolute atomic E-state index is 0.0155. The van der Waals surface area contributed by atoms with Crippen LogP contribution in [-0.4, -0.2) is 16.6 Å². The number of halogens is 1. The van der Waals surface area contributed by atoms with Gasteiger partial charge in [0.2, 0.25) is 0 Å². The van der Waals surface area contributed by atoms with Crippen molar-refractivity contribution in [2.24, 2.45) is 0 Å². The lowest BCUT2D eigenvalue weighted by atomic mass is 10.0. The second-order valence-electron chi connectivity index (χ2n) is 5.36. The van der Waals surface area contributed by atoms with Crippen LogP contribution in [0.5, 0.6) is 0 Å². The fourth-order valence-electron chi connectivity index (χ4n) is 2.88. The van der Waals surface area contributed by atoms with Gasteiger partial charge in [0.15, 0.2) is 0 Å². The van der Waals surface area contributed by atoms with Crippen LogP contribution in [0.15, 0.2) is 4.79 Å². The van der Waals surface area contributed by atoms with Crippen LogP contribution in [0.3, 0.4) is 0 Å². The summed E-state index contributed by atoms with van der Waals surface area (Å²) in [6.45, 7) is 4.74. The van der Waals surface area contributed by atoms with Gasteiger partial charge in [0.05, 0.1) is 9.26 Å². The van der Waals surface area contributed by atoms with Gasteiger partial charge in [-0.2, -0.15) is 0 Å². The Bertz CT molecular complexity index is 489. The third-order valence-electron chi connectivity index (χ3n) is 3.87. The highest BCUT2D eigenvalue weighted by Gasteiger charge is 2.24. The van der Waals surface area contributed by atoms with Crippen LogP contribution < -0.4 is 5.56 Å². The standard InChI is InChI=1S/C15H23IN2O2/c1-3-7-11(20-4-2)14-17-13(10-8-5-6-9-10)12(16)15(19)18-14/h10-11H,3-9H2,1-2H3,(H,17,18,19). The van der Waals surface area contributed by atoms with Gasteiger partial charge in [-0.1, -0.05) is 26.2 Å². The fraction of sp³-hybridized carbons (Fsp3) is 0.733. The Kier molecular flexibility index (Phi) is 6.01. The van der Waals surface area contributed by atoms with Crippen LogP contribution in [0.25, 0.3) is 0 Å². The largest absolute Gasteiger partial charge is 0.371 e. The zero-order chi connectivity index (χ0) is 14.5. The quantitative estimate of drug-likeness (QED) is 0.750. The molecule has 1 aromatic rings. The van der Waals surface area contributed by atoms with Gasteiger partial charge in [0.25, 0.3) is 5.56 Å². The molecule has 1 heterocycles. The molecular weight excluding hydrogens is 367 g/mol. The topological polar surface area (TPSA) is 55.0 Å². The predicted octanol–water partition coefficient (Wildman–Crippen LogP) is 3.91. The lowest BCUT2D eigenvalue weighted by Gasteiger charge is -2.18. The van der Waals surface area contributed by atoms with Crippen LogP contribution in [0.4, 0.5) is 0 Å². The molecule has 0 aromatic carbocycles. The monoisotopic (exact) mass is 390 g/mol. The number of hydrogen-bond donors (Lipinski definition) is 1. The molecule has 0 aliphatic heterocycles. The van der Waals surface area contributed by atoms with E-state index in [0.29, 0.717) is 18.3 Å². The number of nitrogens with one attached hydrogen (secondary N) is 1. The summed E-state index contributed by atoms with van der Waals surface area (Å²) in [5, 5.41) is 0. The van der Waals surface area contributed by atoms with Crippen molar-refractivity contribution in [2.45, 2.75) is 64.4 Å². The number of nitrogens with zero attached hydrogens (tertiary/aromatic N) is 1. The van der Waals surface area contributed by atoms with Gasteiger partial charge in [-0.3, -0.25) is 4.79 Å². The molecule has 0 amide bonds. The summed E-state index contributed by atoms with van der Waals surface area (Å²) in [7, 11) is 0. The summed E-state index contributed by atoms with van der Waals surface area (Å²) in [5.74, 6) is 1.16. The summed E-state index contributed by atoms with van der Waals surface area (Å²) >= 11 is 2.13. The van der Waals surface area contributed by atoms with Crippen LogP contribution >= 0.6 is 22.6 Å². The molecule has 5 heteroatoms. The Morgan fingerprint density at radius 3 is 2.70 bits per heavy atom. The van der Waals surface area contributed by atoms with Crippen LogP contribution in [0.2, 0.25) is 0 Å². The van der Waals surface area contributed by atoms with Gasteiger partial charge in [0, 0.05) is 12.5 Å². The zero-order valence-corrected chi connectivity index (χ0v) is 14.4. The highest BCUT2D eigenvalue weighted by molar-refractivity contribution is 14.1. The van der Waals surface area contributed by atoms with Crippen molar-refractivity contribution < 1.29 is 4.74 Å². The second-order valence-corrected chi connectivity index (χ2v) is 6.44. The maximum atomic E-state index is 12.2. The predicted molar refractivity (Wildman–Crippen MR) is 88.1 cm³/mol. The number of aromatic amines is 1. The Morgan fingerprint density at radius 1 is 1.40 bits per heavy atom. The minimum Gasteiger partial charge on any atom is -0.371 e. The van der Waals surface area contributed by atoms with E-state index < -0.39 is 0 Å². The van der Waals surface area contributed by atoms with Gasteiger partial charge in [-0.05, 0) is 48.8 Å². The van der Waals surface area contributed by atoms with E-state index in [-0.39, 0.29) is 11.7 Å². The molecule has 0 bridgehead atoms. The molecule has 1 unspecified atom stereocenters. The summed E-state index contributed by atoms with van der Waals surface area (Å²) in [4.78, 5) is 19.8. The van der Waals surface area contributed by atoms with Gasteiger partial charge >= 0.3 is 0 Å². The normalized spacial score (nSPS) is 17.6. The lowest BCUT2D eigenvalue weighted by Crippen LogP contribution is -2.22. The Labute approximate surface area is 133 Å². The van der Waals surface area contributed by atoms with Crippen LogP contribution in [0.1, 0.15) is 75.9 Å². The van der Waals surface area contributed by atoms with E-state index >= 15 is 0 Å². The van der Waals surface area contributed by atoms with E-state index in [2.05, 4.69) is 34.5 Å². The molecule has 0 spiro atoms. The molecule has 1 aliphatic rings. The van der Waals surface area contributed by atoms with Crippen molar-refractivity contribution in [1.82, 2.24) is 9.97 Å². The first-order chi connectivity index (χ1) is 9.67. The Morgan fingerprint density at radius 2 is 2.10 bits per heavy atom. The SMILES string of the molecule is CCCC(OCC)c1nc(C2CCCC2)c(I)c(=O)[nH]1. The van der Waals surface area contributed by atoms with Crippen molar-refractivity contribution >= 4 is 22.6 Å². The van der Waals surface area contributed by atoms with E-state index in [1.165, 1.54) is 12.8 Å². The maximum Gasteiger partial charge on any atom is 0.264 e. The van der Waals surface area contributed by atoms with Crippen molar-refractivity contribution in [3.05, 3.63) is 25.4 Å². The van der Waals surface area contributed by atoms with E-state index in [1.54, 1.807) is 0 Å². The number of hydrogen-bond acceptors (Lipinski definition) is 3. The maximum absolute atomic E-state index is 12.2.